The molecule has 0 aromatic carbocycles. The average Bonchev–Trinajstić information content (AvgIpc) is 2.93. The first kappa shape index (κ1) is 15.3. The highest BCUT2D eigenvalue weighted by atomic mass is 35.5. The minimum atomic E-state index is -0.290. The first-order valence-electron chi connectivity index (χ1n) is 7.40. The number of rotatable bonds is 3. The summed E-state index contributed by atoms with van der Waals surface area (Å²) >= 11 is 7.27. The maximum Gasteiger partial charge on any atom is 0.254 e. The van der Waals surface area contributed by atoms with Crippen molar-refractivity contribution < 1.29 is 14.6 Å². The quantitative estimate of drug-likeness (QED) is 0.927. The number of hydrogen-bond donors (Lipinski definition) is 1. The fourth-order valence-corrected chi connectivity index (χ4v) is 4.40. The van der Waals surface area contributed by atoms with Gasteiger partial charge < -0.3 is 14.7 Å². The van der Waals surface area contributed by atoms with Crippen molar-refractivity contribution in [1.82, 2.24) is 4.90 Å². The maximum absolute atomic E-state index is 12.4. The molecule has 1 aliphatic heterocycles. The Morgan fingerprint density at radius 2 is 2.29 bits per heavy atom. The van der Waals surface area contributed by atoms with Gasteiger partial charge in [0.1, 0.15) is 0 Å². The van der Waals surface area contributed by atoms with Gasteiger partial charge in [-0.15, -0.1) is 11.3 Å². The lowest BCUT2D eigenvalue weighted by atomic mass is 9.58. The van der Waals surface area contributed by atoms with Crippen molar-refractivity contribution in [2.75, 3.05) is 19.7 Å². The molecule has 1 saturated heterocycles. The summed E-state index contributed by atoms with van der Waals surface area (Å²) in [4.78, 5) is 14.3. The number of halogens is 1. The summed E-state index contributed by atoms with van der Waals surface area (Å²) in [6.45, 7) is 4.01. The van der Waals surface area contributed by atoms with Crippen molar-refractivity contribution in [2.24, 2.45) is 5.41 Å². The van der Waals surface area contributed by atoms with Crippen LogP contribution < -0.4 is 0 Å². The highest BCUT2D eigenvalue weighted by Gasteiger charge is 2.56. The molecule has 1 saturated carbocycles. The molecule has 0 radical (unpaired) electrons. The van der Waals surface area contributed by atoms with Crippen LogP contribution in [-0.2, 0) is 4.74 Å². The molecule has 2 fully saturated rings. The van der Waals surface area contributed by atoms with E-state index in [4.69, 9.17) is 16.3 Å². The van der Waals surface area contributed by atoms with Crippen LogP contribution in [0.4, 0.5) is 0 Å². The predicted molar refractivity (Wildman–Crippen MR) is 82.9 cm³/mol. The van der Waals surface area contributed by atoms with Gasteiger partial charge in [-0.25, -0.2) is 0 Å². The Morgan fingerprint density at radius 1 is 1.57 bits per heavy atom. The van der Waals surface area contributed by atoms with Crippen LogP contribution >= 0.6 is 22.9 Å². The van der Waals surface area contributed by atoms with Crippen molar-refractivity contribution in [3.63, 3.8) is 0 Å². The van der Waals surface area contributed by atoms with Crippen LogP contribution in [0.2, 0.25) is 4.34 Å². The third-order valence-corrected chi connectivity index (χ3v) is 6.00. The lowest BCUT2D eigenvalue weighted by Crippen LogP contribution is -2.62. The largest absolute Gasteiger partial charge is 0.392 e. The molecule has 2 aliphatic rings. The molecule has 21 heavy (non-hydrogen) atoms. The molecule has 0 bridgehead atoms. The standard InChI is InChI=1S/C15H20ClNO3S/c1-2-20-12-8-11(18)15(12)3-5-17(6-4-15)14(19)10-7-13(16)21-9-10/h7,9,11-12,18H,2-6,8H2,1H3/t11-,12-/m0/s1. The van der Waals surface area contributed by atoms with Crippen molar-refractivity contribution in [3.8, 4) is 0 Å². The molecule has 2 heterocycles. The second kappa shape index (κ2) is 5.88. The van der Waals surface area contributed by atoms with E-state index in [9.17, 15) is 9.90 Å². The topological polar surface area (TPSA) is 49.8 Å². The predicted octanol–water partition coefficient (Wildman–Crippen LogP) is 2.79. The third-order valence-electron chi connectivity index (χ3n) is 4.91. The van der Waals surface area contributed by atoms with Crippen molar-refractivity contribution in [1.29, 1.82) is 0 Å². The molecule has 1 spiro atoms. The maximum atomic E-state index is 12.4. The average molecular weight is 330 g/mol. The Hall–Kier alpha value is -0.620. The zero-order valence-electron chi connectivity index (χ0n) is 12.0. The van der Waals surface area contributed by atoms with Gasteiger partial charge in [-0.3, -0.25) is 4.79 Å². The summed E-state index contributed by atoms with van der Waals surface area (Å²) in [5.41, 5.74) is 0.524. The number of hydrogen-bond acceptors (Lipinski definition) is 4. The summed E-state index contributed by atoms with van der Waals surface area (Å²) in [7, 11) is 0. The van der Waals surface area contributed by atoms with Gasteiger partial charge in [-0.2, -0.15) is 0 Å². The van der Waals surface area contributed by atoms with Gasteiger partial charge in [-0.05, 0) is 25.8 Å². The van der Waals surface area contributed by atoms with E-state index in [0.717, 1.165) is 19.3 Å². The summed E-state index contributed by atoms with van der Waals surface area (Å²) in [6, 6.07) is 1.72. The number of carbonyl (C=O) groups is 1. The molecule has 1 N–H and O–H groups in total. The number of likely N-dealkylation sites (tertiary alicyclic amines) is 1. The van der Waals surface area contributed by atoms with E-state index >= 15 is 0 Å². The molecule has 2 atom stereocenters. The number of aliphatic hydroxyl groups excluding tert-OH is 1. The molecule has 1 amide bonds. The van der Waals surface area contributed by atoms with Crippen LogP contribution in [0.1, 0.15) is 36.5 Å². The summed E-state index contributed by atoms with van der Waals surface area (Å²) in [5, 5.41) is 12.0. The van der Waals surface area contributed by atoms with E-state index in [2.05, 4.69) is 0 Å². The number of ether oxygens (including phenoxy) is 1. The smallest absolute Gasteiger partial charge is 0.254 e. The number of thiophene rings is 1. The van der Waals surface area contributed by atoms with Crippen LogP contribution in [-0.4, -0.2) is 47.8 Å². The van der Waals surface area contributed by atoms with Gasteiger partial charge in [0.2, 0.25) is 0 Å². The van der Waals surface area contributed by atoms with E-state index in [-0.39, 0.29) is 23.5 Å². The number of aliphatic hydroxyl groups is 1. The van der Waals surface area contributed by atoms with E-state index in [0.29, 0.717) is 29.6 Å². The van der Waals surface area contributed by atoms with Crippen molar-refractivity contribution in [2.45, 2.75) is 38.4 Å². The Bertz CT molecular complexity index is 523. The SMILES string of the molecule is CCO[C@H]1C[C@H](O)C12CCN(C(=O)c1csc(Cl)c1)CC2. The fourth-order valence-electron chi connectivity index (χ4n) is 3.55. The van der Waals surface area contributed by atoms with Gasteiger partial charge >= 0.3 is 0 Å². The molecule has 116 valence electrons. The molecule has 6 heteroatoms. The Labute approximate surface area is 133 Å². The van der Waals surface area contributed by atoms with Gasteiger partial charge in [0.05, 0.1) is 22.1 Å². The van der Waals surface area contributed by atoms with Crippen molar-refractivity contribution in [3.05, 3.63) is 21.3 Å². The number of carbonyl (C=O) groups excluding carboxylic acids is 1. The second-order valence-corrected chi connectivity index (χ2v) is 7.40. The van der Waals surface area contributed by atoms with Crippen LogP contribution in [0, 0.1) is 5.41 Å². The van der Waals surface area contributed by atoms with Gasteiger partial charge in [0, 0.05) is 36.9 Å². The molecule has 0 unspecified atom stereocenters. The molecule has 1 aromatic rings. The van der Waals surface area contributed by atoms with Gasteiger partial charge in [-0.1, -0.05) is 11.6 Å². The zero-order chi connectivity index (χ0) is 15.0. The van der Waals surface area contributed by atoms with Gasteiger partial charge in [0.25, 0.3) is 5.91 Å². The van der Waals surface area contributed by atoms with E-state index in [1.807, 2.05) is 11.8 Å². The van der Waals surface area contributed by atoms with Crippen LogP contribution in [0.25, 0.3) is 0 Å². The van der Waals surface area contributed by atoms with E-state index in [1.165, 1.54) is 11.3 Å². The first-order valence-corrected chi connectivity index (χ1v) is 8.65. The molecular formula is C15H20ClNO3S. The van der Waals surface area contributed by atoms with Crippen LogP contribution in [0.5, 0.6) is 0 Å². The minimum Gasteiger partial charge on any atom is -0.392 e. The lowest BCUT2D eigenvalue weighted by molar-refractivity contribution is -0.207. The monoisotopic (exact) mass is 329 g/mol. The normalized spacial score (nSPS) is 27.7. The van der Waals surface area contributed by atoms with Crippen LogP contribution in [0.15, 0.2) is 11.4 Å². The molecular weight excluding hydrogens is 310 g/mol. The van der Waals surface area contributed by atoms with Crippen molar-refractivity contribution >= 4 is 28.8 Å². The minimum absolute atomic E-state index is 0.0368. The Balaban J connectivity index is 1.63. The highest BCUT2D eigenvalue weighted by molar-refractivity contribution is 7.14. The Kier molecular flexibility index (Phi) is 4.28. The van der Waals surface area contributed by atoms with Crippen LogP contribution in [0.3, 0.4) is 0 Å². The van der Waals surface area contributed by atoms with E-state index in [1.54, 1.807) is 11.4 Å². The van der Waals surface area contributed by atoms with E-state index < -0.39 is 0 Å². The Morgan fingerprint density at radius 3 is 2.81 bits per heavy atom. The molecule has 3 rings (SSSR count). The molecule has 1 aliphatic carbocycles. The third kappa shape index (κ3) is 2.61. The number of nitrogens with zero attached hydrogens (tertiary/aromatic N) is 1. The molecule has 1 aromatic heterocycles. The van der Waals surface area contributed by atoms with Gasteiger partial charge in [0.15, 0.2) is 0 Å². The first-order chi connectivity index (χ1) is 10.1. The lowest BCUT2D eigenvalue weighted by Gasteiger charge is -2.56. The number of amides is 1. The second-order valence-electron chi connectivity index (χ2n) is 5.86. The summed E-state index contributed by atoms with van der Waals surface area (Å²) in [5.74, 6) is 0.0368. The molecule has 4 nitrogen and oxygen atoms in total. The fraction of sp³-hybridized carbons (Fsp3) is 0.667. The zero-order valence-corrected chi connectivity index (χ0v) is 13.6. The summed E-state index contributed by atoms with van der Waals surface area (Å²) < 4.78 is 6.38. The number of piperidine rings is 1. The highest BCUT2D eigenvalue weighted by Crippen LogP contribution is 2.51. The summed E-state index contributed by atoms with van der Waals surface area (Å²) in [6.07, 6.45) is 2.19.